The maximum absolute atomic E-state index is 11.0. The van der Waals surface area contributed by atoms with Gasteiger partial charge < -0.3 is 10.5 Å². The van der Waals surface area contributed by atoms with Crippen LogP contribution < -0.4 is 10.3 Å². The first-order chi connectivity index (χ1) is 7.16. The minimum Gasteiger partial charge on any atom is -0.439 e. The molecule has 0 saturated carbocycles. The molecule has 1 unspecified atom stereocenters. The van der Waals surface area contributed by atoms with Crippen molar-refractivity contribution in [3.8, 4) is 0 Å². The minimum atomic E-state index is -0.429. The Morgan fingerprint density at radius 1 is 1.67 bits per heavy atom. The summed E-state index contributed by atoms with van der Waals surface area (Å²) in [6, 6.07) is 3.47. The number of primary amides is 1. The van der Waals surface area contributed by atoms with Gasteiger partial charge in [-0.25, -0.2) is 0 Å². The molecular weight excluding hydrogens is 192 g/mol. The van der Waals surface area contributed by atoms with Crippen molar-refractivity contribution in [1.29, 1.82) is 0 Å². The number of pyridine rings is 1. The molecule has 0 aliphatic carbocycles. The highest BCUT2D eigenvalue weighted by Crippen LogP contribution is 2.25. The van der Waals surface area contributed by atoms with E-state index in [1.807, 2.05) is 10.8 Å². The van der Waals surface area contributed by atoms with E-state index in [1.54, 1.807) is 18.3 Å². The van der Waals surface area contributed by atoms with Crippen molar-refractivity contribution in [3.63, 3.8) is 0 Å². The molecule has 0 bridgehead atoms. The van der Waals surface area contributed by atoms with Crippen LogP contribution in [0.25, 0.3) is 0 Å². The molecule has 1 aromatic heterocycles. The average molecular weight is 205 g/mol. The molecule has 2 rings (SSSR count). The number of hydrogen-bond donors (Lipinski definition) is 1. The van der Waals surface area contributed by atoms with Gasteiger partial charge in [0.15, 0.2) is 12.4 Å². The summed E-state index contributed by atoms with van der Waals surface area (Å²) in [4.78, 5) is 11.0. The van der Waals surface area contributed by atoms with Gasteiger partial charge in [-0.3, -0.25) is 4.79 Å². The van der Waals surface area contributed by atoms with E-state index >= 15 is 0 Å². The summed E-state index contributed by atoms with van der Waals surface area (Å²) in [7, 11) is 0. The fraction of sp³-hybridized carbons (Fsp3) is 0.273. The summed E-state index contributed by atoms with van der Waals surface area (Å²) in [6.45, 7) is 3.76. The molecule has 1 aliphatic rings. The predicted molar refractivity (Wildman–Crippen MR) is 53.7 cm³/mol. The maximum Gasteiger partial charge on any atom is 0.301 e. The van der Waals surface area contributed by atoms with Gasteiger partial charge in [0.2, 0.25) is 0 Å². The number of hydrogen-bond acceptors (Lipinski definition) is 2. The fourth-order valence-electron chi connectivity index (χ4n) is 1.62. The average Bonchev–Trinajstić information content (AvgIpc) is 2.65. The zero-order valence-electron chi connectivity index (χ0n) is 8.35. The van der Waals surface area contributed by atoms with Gasteiger partial charge in [-0.2, -0.15) is 4.57 Å². The molecule has 1 saturated heterocycles. The molecule has 2 N–H and O–H groups in total. The summed E-state index contributed by atoms with van der Waals surface area (Å²) in [5, 5.41) is 0. The normalized spacial score (nSPS) is 20.0. The van der Waals surface area contributed by atoms with E-state index in [1.165, 1.54) is 0 Å². The molecule has 15 heavy (non-hydrogen) atoms. The lowest BCUT2D eigenvalue weighted by molar-refractivity contribution is -0.756. The first-order valence-corrected chi connectivity index (χ1v) is 4.82. The van der Waals surface area contributed by atoms with Crippen molar-refractivity contribution in [1.82, 2.24) is 0 Å². The van der Waals surface area contributed by atoms with Gasteiger partial charge in [0.25, 0.3) is 5.91 Å². The topological polar surface area (TPSA) is 56.2 Å². The van der Waals surface area contributed by atoms with Crippen molar-refractivity contribution < 1.29 is 14.1 Å². The fourth-order valence-corrected chi connectivity index (χ4v) is 1.62. The van der Waals surface area contributed by atoms with Gasteiger partial charge in [0.05, 0.1) is 12.2 Å². The second-order valence-corrected chi connectivity index (χ2v) is 3.55. The second-order valence-electron chi connectivity index (χ2n) is 3.55. The van der Waals surface area contributed by atoms with Gasteiger partial charge >= 0.3 is 6.23 Å². The van der Waals surface area contributed by atoms with E-state index in [2.05, 4.69) is 6.58 Å². The van der Waals surface area contributed by atoms with Gasteiger partial charge in [0.1, 0.15) is 5.56 Å². The van der Waals surface area contributed by atoms with Crippen LogP contribution in [0.15, 0.2) is 36.9 Å². The van der Waals surface area contributed by atoms with Gasteiger partial charge in [-0.05, 0) is 6.07 Å². The highest BCUT2D eigenvalue weighted by atomic mass is 16.5. The zero-order valence-corrected chi connectivity index (χ0v) is 8.35. The molecule has 2 heterocycles. The van der Waals surface area contributed by atoms with Crippen LogP contribution in [-0.4, -0.2) is 5.91 Å². The number of aromatic nitrogens is 1. The zero-order chi connectivity index (χ0) is 10.8. The summed E-state index contributed by atoms with van der Waals surface area (Å²) < 4.78 is 7.34. The Morgan fingerprint density at radius 2 is 2.47 bits per heavy atom. The predicted octanol–water partition coefficient (Wildman–Crippen LogP) is 0.896. The molecule has 0 spiro atoms. The number of amides is 1. The Labute approximate surface area is 88.0 Å². The van der Waals surface area contributed by atoms with Crippen LogP contribution in [0.2, 0.25) is 0 Å². The van der Waals surface area contributed by atoms with E-state index < -0.39 is 5.91 Å². The summed E-state index contributed by atoms with van der Waals surface area (Å²) in [6.07, 6.45) is 5.24. The quantitative estimate of drug-likeness (QED) is 0.729. The summed E-state index contributed by atoms with van der Waals surface area (Å²) in [5.41, 5.74) is 5.68. The van der Waals surface area contributed by atoms with Crippen molar-refractivity contribution in [2.24, 2.45) is 5.73 Å². The Balaban J connectivity index is 2.25. The first-order valence-electron chi connectivity index (χ1n) is 4.82. The molecule has 1 fully saturated rings. The molecule has 0 radical (unpaired) electrons. The molecule has 4 nitrogen and oxygen atoms in total. The Bertz CT molecular complexity index is 415. The molecule has 1 amide bonds. The van der Waals surface area contributed by atoms with Gasteiger partial charge in [0, 0.05) is 12.5 Å². The third-order valence-electron chi connectivity index (χ3n) is 2.41. The van der Waals surface area contributed by atoms with Crippen LogP contribution in [0.1, 0.15) is 29.4 Å². The number of ether oxygens (including phenoxy) is 1. The molecule has 1 aliphatic heterocycles. The molecule has 4 heteroatoms. The van der Waals surface area contributed by atoms with Crippen molar-refractivity contribution in [2.45, 2.75) is 19.1 Å². The minimum absolute atomic E-state index is 0.0585. The number of nitrogens with two attached hydrogens (primary N) is 1. The highest BCUT2D eigenvalue weighted by Gasteiger charge is 2.27. The van der Waals surface area contributed by atoms with Crippen LogP contribution in [0.3, 0.4) is 0 Å². The number of nitrogens with zero attached hydrogens (tertiary/aromatic N) is 1. The second kappa shape index (κ2) is 3.73. The van der Waals surface area contributed by atoms with Gasteiger partial charge in [-0.1, -0.05) is 6.58 Å². The van der Waals surface area contributed by atoms with Crippen LogP contribution in [0.4, 0.5) is 0 Å². The van der Waals surface area contributed by atoms with E-state index in [4.69, 9.17) is 10.5 Å². The lowest BCUT2D eigenvalue weighted by Crippen LogP contribution is -2.39. The molecule has 78 valence electrons. The van der Waals surface area contributed by atoms with E-state index in [0.717, 1.165) is 18.6 Å². The summed E-state index contributed by atoms with van der Waals surface area (Å²) >= 11 is 0. The Hall–Kier alpha value is -1.84. The molecule has 1 atom stereocenters. The SMILES string of the molecule is C=C1CCC([n+]2cccc(C(N)=O)c2)O1. The number of carbonyl (C=O) groups is 1. The van der Waals surface area contributed by atoms with Crippen molar-refractivity contribution >= 4 is 5.91 Å². The van der Waals surface area contributed by atoms with Crippen LogP contribution >= 0.6 is 0 Å². The number of carbonyl (C=O) groups excluding carboxylic acids is 1. The maximum atomic E-state index is 11.0. The lowest BCUT2D eigenvalue weighted by Gasteiger charge is -2.05. The van der Waals surface area contributed by atoms with Gasteiger partial charge in [-0.15, -0.1) is 0 Å². The first kappa shape index (κ1) is 9.71. The Kier molecular flexibility index (Phi) is 2.41. The van der Waals surface area contributed by atoms with Crippen molar-refractivity contribution in [2.75, 3.05) is 0 Å². The Morgan fingerprint density at radius 3 is 3.07 bits per heavy atom. The largest absolute Gasteiger partial charge is 0.439 e. The van der Waals surface area contributed by atoms with Crippen LogP contribution in [0.5, 0.6) is 0 Å². The highest BCUT2D eigenvalue weighted by molar-refractivity contribution is 5.92. The van der Waals surface area contributed by atoms with E-state index in [0.29, 0.717) is 5.56 Å². The smallest absolute Gasteiger partial charge is 0.301 e. The lowest BCUT2D eigenvalue weighted by atomic mass is 10.2. The number of rotatable bonds is 2. The molecular formula is C11H13N2O2+. The molecule has 0 aromatic carbocycles. The van der Waals surface area contributed by atoms with E-state index in [9.17, 15) is 4.79 Å². The third-order valence-corrected chi connectivity index (χ3v) is 2.41. The number of allylic oxidation sites excluding steroid dienone is 1. The standard InChI is InChI=1S/C11H12N2O2/c1-8-4-5-10(15-8)13-6-2-3-9(7-13)11(12)14/h2-3,6-7,10H,1,4-5H2,(H-,12,14)/p+1. The molecule has 1 aromatic rings. The third kappa shape index (κ3) is 1.98. The van der Waals surface area contributed by atoms with E-state index in [-0.39, 0.29) is 6.23 Å². The van der Waals surface area contributed by atoms with Crippen molar-refractivity contribution in [3.05, 3.63) is 42.4 Å². The van der Waals surface area contributed by atoms with Crippen LogP contribution in [-0.2, 0) is 4.74 Å². The summed E-state index contributed by atoms with van der Waals surface area (Å²) in [5.74, 6) is 0.359. The monoisotopic (exact) mass is 205 g/mol. The van der Waals surface area contributed by atoms with Crippen LogP contribution in [0, 0.1) is 0 Å².